The van der Waals surface area contributed by atoms with Gasteiger partial charge in [-0.05, 0) is 83.5 Å². The second-order valence-corrected chi connectivity index (χ2v) is 29.8. The number of carbonyl (C=O) groups excluding carboxylic acids is 2. The number of unbranched alkanes of at least 4 members (excludes halogenated alkanes) is 51. The minimum Gasteiger partial charge on any atom is -0.756 e. The Balaban J connectivity index is 3.90. The number of likely N-dealkylation sites (N-methyl/N-ethyl adjacent to an activating group) is 1. The predicted molar refractivity (Wildman–Crippen MR) is 397 cm³/mol. The molecule has 0 heterocycles. The van der Waals surface area contributed by atoms with Crippen molar-refractivity contribution in [2.24, 2.45) is 0 Å². The van der Waals surface area contributed by atoms with Gasteiger partial charge in [-0.2, -0.15) is 0 Å². The van der Waals surface area contributed by atoms with Crippen molar-refractivity contribution in [2.75, 3.05) is 47.5 Å². The van der Waals surface area contributed by atoms with E-state index in [0.29, 0.717) is 17.4 Å². The van der Waals surface area contributed by atoms with Crippen LogP contribution in [0.2, 0.25) is 0 Å². The molecule has 9 nitrogen and oxygen atoms in total. The molecule has 0 rings (SSSR count). The molecule has 0 radical (unpaired) electrons. The molecule has 2 atom stereocenters. The van der Waals surface area contributed by atoms with Gasteiger partial charge in [-0.15, -0.1) is 0 Å². The van der Waals surface area contributed by atoms with Crippen LogP contribution < -0.4 is 4.89 Å². The number of phosphoric ester groups is 1. The van der Waals surface area contributed by atoms with E-state index in [1.807, 2.05) is 21.1 Å². The van der Waals surface area contributed by atoms with Crippen LogP contribution in [0.1, 0.15) is 399 Å². The fraction of sp³-hybridized carbons (Fsp3) is 0.854. The Bertz CT molecular complexity index is 1740. The number of carbonyl (C=O) groups is 2. The fourth-order valence-corrected chi connectivity index (χ4v) is 12.6. The lowest BCUT2D eigenvalue weighted by Gasteiger charge is -2.28. The molecule has 0 aromatic carbocycles. The summed E-state index contributed by atoms with van der Waals surface area (Å²) in [7, 11) is 1.19. The van der Waals surface area contributed by atoms with E-state index in [2.05, 4.69) is 74.6 Å². The molecule has 0 aromatic heterocycles. The molecule has 0 saturated heterocycles. The summed E-state index contributed by atoms with van der Waals surface area (Å²) < 4.78 is 34.4. The van der Waals surface area contributed by atoms with Gasteiger partial charge in [-0.25, -0.2) is 0 Å². The number of hydrogen-bond donors (Lipinski definition) is 0. The number of hydrogen-bond acceptors (Lipinski definition) is 8. The summed E-state index contributed by atoms with van der Waals surface area (Å²) in [5, 5.41) is 0. The first-order valence-corrected chi connectivity index (χ1v) is 41.5. The summed E-state index contributed by atoms with van der Waals surface area (Å²) in [4.78, 5) is 38.2. The van der Waals surface area contributed by atoms with Crippen molar-refractivity contribution in [2.45, 2.75) is 405 Å². The average Bonchev–Trinajstić information content (AvgIpc) is 2.23. The van der Waals surface area contributed by atoms with Gasteiger partial charge < -0.3 is 27.9 Å². The molecule has 0 aliphatic rings. The number of esters is 2. The van der Waals surface area contributed by atoms with Crippen LogP contribution in [0.3, 0.4) is 0 Å². The molecule has 0 bridgehead atoms. The monoisotopic (exact) mass is 1310 g/mol. The van der Waals surface area contributed by atoms with Crippen molar-refractivity contribution in [3.63, 3.8) is 0 Å². The van der Waals surface area contributed by atoms with E-state index in [4.69, 9.17) is 18.5 Å². The third-order valence-corrected chi connectivity index (χ3v) is 19.0. The summed E-state index contributed by atoms with van der Waals surface area (Å²) >= 11 is 0. The number of allylic oxidation sites excluding steroid dienone is 10. The van der Waals surface area contributed by atoms with Gasteiger partial charge in [0.15, 0.2) is 6.10 Å². The van der Waals surface area contributed by atoms with Crippen LogP contribution in [0.4, 0.5) is 0 Å². The standard InChI is InChI=1S/C82H154NO8P/c1-6-8-10-12-14-16-18-20-22-24-26-28-30-32-34-35-36-37-38-39-40-41-42-43-44-45-46-47-49-51-53-55-57-59-61-63-65-67-69-71-73-75-82(85)91-80(79-90-92(86,87)89-77-76-83(3,4)5)78-88-81(84)74-72-70-68-66-64-62-60-58-56-54-52-50-48-33-31-29-27-25-23-21-19-17-15-13-11-9-7-2/h18-21,24-27,30,32,80H,6-17,22-23,28-29,31,33-79H2,1-5H3/b20-18-,21-19-,26-24-,27-25-,32-30-. The number of quaternary nitrogens is 1. The SMILES string of the molecule is CCCCCCC/C=C\C/C=C\C/C=C\CCCCCCCCCCCCCCCCCCCCCCCCCCCCC(=O)OC(COC(=O)CCCCCCCCCCCCCCCCC/C=C\C/C=C\CCCCCCC)COP(=O)([O-])OCC[N+](C)(C)C. The molecule has 0 fully saturated rings. The van der Waals surface area contributed by atoms with Crippen molar-refractivity contribution in [1.82, 2.24) is 0 Å². The highest BCUT2D eigenvalue weighted by Gasteiger charge is 2.22. The van der Waals surface area contributed by atoms with Gasteiger partial charge in [-0.1, -0.05) is 364 Å². The van der Waals surface area contributed by atoms with Gasteiger partial charge in [0, 0.05) is 12.8 Å². The maximum absolute atomic E-state index is 12.9. The lowest BCUT2D eigenvalue weighted by Crippen LogP contribution is -2.37. The van der Waals surface area contributed by atoms with E-state index in [9.17, 15) is 19.0 Å². The van der Waals surface area contributed by atoms with Crippen LogP contribution in [0, 0.1) is 0 Å². The van der Waals surface area contributed by atoms with Crippen LogP contribution in [0.5, 0.6) is 0 Å². The Hall–Kier alpha value is -2.29. The first-order chi connectivity index (χ1) is 45.0. The third-order valence-electron chi connectivity index (χ3n) is 18.0. The van der Waals surface area contributed by atoms with Crippen molar-refractivity contribution < 1.29 is 42.1 Å². The smallest absolute Gasteiger partial charge is 0.306 e. The third kappa shape index (κ3) is 76.7. The van der Waals surface area contributed by atoms with E-state index < -0.39 is 26.5 Å². The fourth-order valence-electron chi connectivity index (χ4n) is 11.9. The molecule has 0 aliphatic carbocycles. The molecular formula is C82H154NO8P. The molecule has 0 spiro atoms. The van der Waals surface area contributed by atoms with Crippen molar-refractivity contribution in [3.05, 3.63) is 60.8 Å². The summed E-state index contributed by atoms with van der Waals surface area (Å²) in [5.74, 6) is -0.812. The molecule has 92 heavy (non-hydrogen) atoms. The molecule has 0 N–H and O–H groups in total. The summed E-state index contributed by atoms with van der Waals surface area (Å²) in [6.07, 6.45) is 97.8. The van der Waals surface area contributed by atoms with Crippen LogP contribution in [-0.4, -0.2) is 70.0 Å². The second kappa shape index (κ2) is 73.0. The van der Waals surface area contributed by atoms with E-state index in [-0.39, 0.29) is 32.0 Å². The minimum atomic E-state index is -4.64. The molecule has 0 aromatic rings. The first kappa shape index (κ1) is 89.7. The Morgan fingerprint density at radius 3 is 0.870 bits per heavy atom. The Morgan fingerprint density at radius 2 is 0.587 bits per heavy atom. The Labute approximate surface area is 572 Å². The Morgan fingerprint density at radius 1 is 0.337 bits per heavy atom. The molecule has 540 valence electrons. The van der Waals surface area contributed by atoms with Gasteiger partial charge in [-0.3, -0.25) is 14.2 Å². The molecule has 0 saturated carbocycles. The van der Waals surface area contributed by atoms with E-state index >= 15 is 0 Å². The number of ether oxygens (including phenoxy) is 2. The number of phosphoric acid groups is 1. The van der Waals surface area contributed by atoms with Crippen molar-refractivity contribution in [1.29, 1.82) is 0 Å². The van der Waals surface area contributed by atoms with Crippen LogP contribution >= 0.6 is 7.82 Å². The normalized spacial score (nSPS) is 13.3. The summed E-state index contributed by atoms with van der Waals surface area (Å²) in [6, 6.07) is 0. The van der Waals surface area contributed by atoms with E-state index in [1.165, 1.54) is 315 Å². The predicted octanol–water partition coefficient (Wildman–Crippen LogP) is 25.9. The maximum Gasteiger partial charge on any atom is 0.306 e. The molecule has 2 unspecified atom stereocenters. The highest BCUT2D eigenvalue weighted by Crippen LogP contribution is 2.38. The zero-order valence-corrected chi connectivity index (χ0v) is 62.7. The van der Waals surface area contributed by atoms with Gasteiger partial charge in [0.2, 0.25) is 0 Å². The van der Waals surface area contributed by atoms with E-state index in [1.54, 1.807) is 0 Å². The van der Waals surface area contributed by atoms with Crippen molar-refractivity contribution in [3.8, 4) is 0 Å². The van der Waals surface area contributed by atoms with Gasteiger partial charge in [0.25, 0.3) is 7.82 Å². The molecule has 0 amide bonds. The largest absolute Gasteiger partial charge is 0.756 e. The maximum atomic E-state index is 12.9. The quantitative estimate of drug-likeness (QED) is 0.0195. The second-order valence-electron chi connectivity index (χ2n) is 28.4. The zero-order chi connectivity index (χ0) is 66.9. The van der Waals surface area contributed by atoms with Crippen LogP contribution in [-0.2, 0) is 32.7 Å². The van der Waals surface area contributed by atoms with Gasteiger partial charge in [0.1, 0.15) is 19.8 Å². The lowest BCUT2D eigenvalue weighted by atomic mass is 10.0. The molecular weight excluding hydrogens is 1160 g/mol. The Kier molecular flexibility index (Phi) is 71.2. The zero-order valence-electron chi connectivity index (χ0n) is 61.8. The summed E-state index contributed by atoms with van der Waals surface area (Å²) in [6.45, 7) is 4.28. The average molecular weight is 1310 g/mol. The molecule has 0 aliphatic heterocycles. The molecule has 10 heteroatoms. The summed E-state index contributed by atoms with van der Waals surface area (Å²) in [5.41, 5.74) is 0. The van der Waals surface area contributed by atoms with Crippen LogP contribution in [0.25, 0.3) is 0 Å². The number of nitrogens with zero attached hydrogens (tertiary/aromatic N) is 1. The lowest BCUT2D eigenvalue weighted by molar-refractivity contribution is -0.870. The van der Waals surface area contributed by atoms with Gasteiger partial charge >= 0.3 is 11.9 Å². The van der Waals surface area contributed by atoms with Crippen LogP contribution in [0.15, 0.2) is 60.8 Å². The minimum absolute atomic E-state index is 0.0289. The van der Waals surface area contributed by atoms with Crippen molar-refractivity contribution >= 4 is 19.8 Å². The highest BCUT2D eigenvalue weighted by atomic mass is 31.2. The van der Waals surface area contributed by atoms with E-state index in [0.717, 1.165) is 51.4 Å². The topological polar surface area (TPSA) is 111 Å². The number of rotatable bonds is 75. The first-order valence-electron chi connectivity index (χ1n) is 40.0. The highest BCUT2D eigenvalue weighted by molar-refractivity contribution is 7.45. The van der Waals surface area contributed by atoms with Gasteiger partial charge in [0.05, 0.1) is 27.7 Å².